The van der Waals surface area contributed by atoms with Crippen LogP contribution in [0.15, 0.2) is 42.1 Å². The van der Waals surface area contributed by atoms with Crippen molar-refractivity contribution in [3.05, 3.63) is 47.8 Å². The average molecular weight is 713 g/mol. The topological polar surface area (TPSA) is 174 Å². The van der Waals surface area contributed by atoms with E-state index in [9.17, 15) is 29.4 Å². The van der Waals surface area contributed by atoms with Gasteiger partial charge in [0.1, 0.15) is 30.6 Å². The summed E-state index contributed by atoms with van der Waals surface area (Å²) >= 11 is 0. The van der Waals surface area contributed by atoms with Crippen molar-refractivity contribution in [3.8, 4) is 0 Å². The van der Waals surface area contributed by atoms with Gasteiger partial charge < -0.3 is 38.9 Å². The predicted molar refractivity (Wildman–Crippen MR) is 182 cm³/mol. The molecule has 3 fully saturated rings. The van der Waals surface area contributed by atoms with E-state index in [1.165, 1.54) is 13.5 Å². The lowest BCUT2D eigenvalue weighted by Gasteiger charge is -2.61. The molecule has 13 heteroatoms. The first-order valence-electron chi connectivity index (χ1n) is 18.3. The lowest BCUT2D eigenvalue weighted by Crippen LogP contribution is -2.65. The van der Waals surface area contributed by atoms with Crippen LogP contribution in [0.1, 0.15) is 63.9 Å². The molecule has 0 amide bonds. The predicted octanol–water partition coefficient (Wildman–Crippen LogP) is 2.82. The average Bonchev–Trinajstić information content (AvgIpc) is 3.71. The molecular weight excluding hydrogens is 660 g/mol. The van der Waals surface area contributed by atoms with Gasteiger partial charge in [-0.05, 0) is 75.7 Å². The third-order valence-corrected chi connectivity index (χ3v) is 12.2. The minimum atomic E-state index is -1.50. The van der Waals surface area contributed by atoms with Crippen LogP contribution in [0.3, 0.4) is 0 Å². The molecule has 2 saturated carbocycles. The molecule has 0 spiro atoms. The summed E-state index contributed by atoms with van der Waals surface area (Å²) in [5.41, 5.74) is -0.561. The number of allylic oxidation sites excluding steroid dienone is 1. The largest absolute Gasteiger partial charge is 0.457 e. The maximum atomic E-state index is 13.6. The van der Waals surface area contributed by atoms with Gasteiger partial charge in [-0.1, -0.05) is 38.5 Å². The zero-order chi connectivity index (χ0) is 36.6. The van der Waals surface area contributed by atoms with Gasteiger partial charge in [0.15, 0.2) is 6.10 Å². The Hall–Kier alpha value is -3.52. The van der Waals surface area contributed by atoms with E-state index >= 15 is 0 Å². The number of esters is 4. The summed E-state index contributed by atoms with van der Waals surface area (Å²) in [6.45, 7) is 9.47. The number of piperidine rings is 1. The van der Waals surface area contributed by atoms with Crippen LogP contribution in [0.4, 0.5) is 0 Å². The summed E-state index contributed by atoms with van der Waals surface area (Å²) in [6, 6.07) is 3.35. The number of aliphatic hydroxyl groups is 2. The minimum absolute atomic E-state index is 0.0657. The summed E-state index contributed by atoms with van der Waals surface area (Å²) < 4.78 is 28.2. The van der Waals surface area contributed by atoms with E-state index in [1.807, 2.05) is 32.1 Å². The number of methoxy groups -OCH3 is 1. The van der Waals surface area contributed by atoms with Crippen LogP contribution in [0, 0.1) is 41.4 Å². The number of hydrogen-bond donors (Lipinski definition) is 3. The second kappa shape index (κ2) is 15.2. The molecule has 3 heterocycles. The normalized spacial score (nSPS) is 39.5. The van der Waals surface area contributed by atoms with Gasteiger partial charge in [-0.25, -0.2) is 19.2 Å². The highest BCUT2D eigenvalue weighted by molar-refractivity contribution is 6.29. The number of nitrogens with zero attached hydrogens (tertiary/aromatic N) is 1. The van der Waals surface area contributed by atoms with E-state index in [-0.39, 0.29) is 36.7 Å². The van der Waals surface area contributed by atoms with E-state index in [0.29, 0.717) is 17.8 Å². The number of aromatic amines is 1. The van der Waals surface area contributed by atoms with Gasteiger partial charge in [0.2, 0.25) is 0 Å². The summed E-state index contributed by atoms with van der Waals surface area (Å²) in [5, 5.41) is 24.4. The first-order chi connectivity index (χ1) is 24.4. The standard InChI is InChI=1S/C38H52N2O11/c1-20-18-21(2)38(46)24(11-12-25-28-29(30(25)38)31(41)22(3)33(28)51-34(42)26-10-9-13-39-26)19-27(47-5)35(43)50-32(20)23(4)49-37(45)36(44)48-17-16-40-14-7-6-8-15-40/h9-13,18,20,22-25,27-33,39,41,46H,6-8,14-17,19H2,1-5H3/b21-18+/t20-,22-,23-,24-,25?,27+,28+,29?,30?,31?,32+,33-,38+/m1/s1. The molecule has 51 heavy (non-hydrogen) atoms. The Morgan fingerprint density at radius 3 is 2.55 bits per heavy atom. The molecule has 4 unspecified atom stereocenters. The molecule has 6 rings (SSSR count). The van der Waals surface area contributed by atoms with Gasteiger partial charge in [-0.3, -0.25) is 4.90 Å². The highest BCUT2D eigenvalue weighted by Crippen LogP contribution is 2.66. The van der Waals surface area contributed by atoms with Crippen LogP contribution < -0.4 is 0 Å². The number of carbonyl (C=O) groups excluding carboxylic acids is 4. The van der Waals surface area contributed by atoms with E-state index < -0.39 is 77.8 Å². The van der Waals surface area contributed by atoms with Crippen LogP contribution >= 0.6 is 0 Å². The lowest BCUT2D eigenvalue weighted by atomic mass is 9.46. The molecule has 0 radical (unpaired) electrons. The summed E-state index contributed by atoms with van der Waals surface area (Å²) in [7, 11) is 1.39. The molecule has 0 aromatic carbocycles. The number of nitrogens with one attached hydrogen (secondary N) is 1. The van der Waals surface area contributed by atoms with E-state index in [4.69, 9.17) is 23.7 Å². The molecule has 1 aromatic heterocycles. The van der Waals surface area contributed by atoms with E-state index in [2.05, 4.69) is 9.88 Å². The molecule has 2 aliphatic heterocycles. The van der Waals surface area contributed by atoms with Gasteiger partial charge in [0.25, 0.3) is 0 Å². The number of aliphatic hydroxyl groups excluding tert-OH is 1. The number of fused-ring (bicyclic) bond motifs is 6. The van der Waals surface area contributed by atoms with Crippen LogP contribution in [0.2, 0.25) is 0 Å². The number of H-pyrrole nitrogens is 1. The highest BCUT2D eigenvalue weighted by Gasteiger charge is 2.71. The Morgan fingerprint density at radius 2 is 1.86 bits per heavy atom. The summed E-state index contributed by atoms with van der Waals surface area (Å²) in [6.07, 6.45) is 6.29. The maximum Gasteiger partial charge on any atom is 0.417 e. The van der Waals surface area contributed by atoms with Crippen LogP contribution in [0.5, 0.6) is 0 Å². The van der Waals surface area contributed by atoms with Crippen LogP contribution in [-0.2, 0) is 38.1 Å². The molecule has 13 nitrogen and oxygen atoms in total. The SMILES string of the molecule is CO[C@H]1C[C@H]2C=CC3C(C4C(O)[C@@H](C)[C@@H](OC(=O)c5ccc[nH]5)[C@@H]34)[C@]2(O)/C(C)=C/[C@@H](C)[C@@H]([C@@H](C)OC(=O)C(=O)OCCN2CCCCC2)OC1=O. The van der Waals surface area contributed by atoms with Crippen LogP contribution in [0.25, 0.3) is 0 Å². The molecule has 1 aromatic rings. The quantitative estimate of drug-likeness (QED) is 0.156. The van der Waals surface area contributed by atoms with Crippen molar-refractivity contribution in [1.29, 1.82) is 0 Å². The van der Waals surface area contributed by atoms with Gasteiger partial charge in [-0.2, -0.15) is 0 Å². The van der Waals surface area contributed by atoms with Crippen molar-refractivity contribution in [2.75, 3.05) is 33.4 Å². The van der Waals surface area contributed by atoms with Gasteiger partial charge in [0, 0.05) is 49.4 Å². The van der Waals surface area contributed by atoms with Gasteiger partial charge >= 0.3 is 23.9 Å². The lowest BCUT2D eigenvalue weighted by molar-refractivity contribution is -0.190. The van der Waals surface area contributed by atoms with Crippen molar-refractivity contribution in [1.82, 2.24) is 9.88 Å². The fourth-order valence-electron chi connectivity index (χ4n) is 9.53. The molecular formula is C38H52N2O11. The van der Waals surface area contributed by atoms with Crippen molar-refractivity contribution >= 4 is 23.9 Å². The number of rotatable bonds is 8. The fraction of sp³-hybridized carbons (Fsp3) is 0.684. The van der Waals surface area contributed by atoms with Crippen molar-refractivity contribution in [3.63, 3.8) is 0 Å². The smallest absolute Gasteiger partial charge is 0.417 e. The Morgan fingerprint density at radius 1 is 1.12 bits per heavy atom. The third kappa shape index (κ3) is 7.02. The zero-order valence-corrected chi connectivity index (χ0v) is 30.1. The van der Waals surface area contributed by atoms with Crippen molar-refractivity contribution in [2.24, 2.45) is 41.4 Å². The first-order valence-corrected chi connectivity index (χ1v) is 18.3. The number of carbonyl (C=O) groups is 4. The highest BCUT2D eigenvalue weighted by atomic mass is 16.6. The summed E-state index contributed by atoms with van der Waals surface area (Å²) in [4.78, 5) is 56.9. The molecule has 3 aliphatic carbocycles. The maximum absolute atomic E-state index is 13.6. The Kier molecular flexibility index (Phi) is 11.1. The molecule has 3 N–H and O–H groups in total. The Labute approximate surface area is 298 Å². The molecule has 5 aliphatic rings. The fourth-order valence-corrected chi connectivity index (χ4v) is 9.53. The molecule has 13 atom stereocenters. The van der Waals surface area contributed by atoms with Gasteiger partial charge in [-0.15, -0.1) is 0 Å². The zero-order valence-electron chi connectivity index (χ0n) is 30.1. The summed E-state index contributed by atoms with van der Waals surface area (Å²) in [5.74, 6) is -6.22. The van der Waals surface area contributed by atoms with E-state index in [0.717, 1.165) is 25.9 Å². The number of cyclic esters (lactones) is 1. The van der Waals surface area contributed by atoms with E-state index in [1.54, 1.807) is 32.2 Å². The number of aromatic nitrogens is 1. The Bertz CT molecular complexity index is 1500. The molecule has 0 bridgehead atoms. The monoisotopic (exact) mass is 712 g/mol. The molecule has 1 saturated heterocycles. The van der Waals surface area contributed by atoms with Crippen molar-refractivity contribution < 1.29 is 53.1 Å². The minimum Gasteiger partial charge on any atom is -0.457 e. The first kappa shape index (κ1) is 37.2. The second-order valence-electron chi connectivity index (χ2n) is 15.1. The Balaban J connectivity index is 1.20. The number of ether oxygens (including phenoxy) is 5. The molecule has 280 valence electrons. The van der Waals surface area contributed by atoms with Crippen molar-refractivity contribution in [2.45, 2.75) is 89.5 Å². The third-order valence-electron chi connectivity index (χ3n) is 12.2. The second-order valence-corrected chi connectivity index (χ2v) is 15.1. The number of hydrogen-bond acceptors (Lipinski definition) is 12. The number of likely N-dealkylation sites (tertiary alicyclic amines) is 1. The van der Waals surface area contributed by atoms with Crippen LogP contribution in [-0.4, -0.2) is 113 Å². The van der Waals surface area contributed by atoms with Gasteiger partial charge in [0.05, 0.1) is 11.7 Å².